The lowest BCUT2D eigenvalue weighted by Gasteiger charge is -2.26. The van der Waals surface area contributed by atoms with Gasteiger partial charge >= 0.3 is 0 Å². The number of rotatable bonds is 19. The van der Waals surface area contributed by atoms with Gasteiger partial charge in [-0.1, -0.05) is 37.1 Å². The Labute approximate surface area is 276 Å². The van der Waals surface area contributed by atoms with Crippen LogP contribution in [-0.4, -0.2) is 173 Å². The Balaban J connectivity index is 0. The van der Waals surface area contributed by atoms with Crippen LogP contribution in [-0.2, 0) is 0 Å². The van der Waals surface area contributed by atoms with Gasteiger partial charge in [-0.2, -0.15) is 0 Å². The van der Waals surface area contributed by atoms with E-state index in [1.807, 2.05) is 0 Å². The molecule has 1 amide bonds. The minimum Gasteiger partial charge on any atom is -0.389 e. The molecule has 0 fully saturated rings. The van der Waals surface area contributed by atoms with Crippen molar-refractivity contribution in [3.63, 3.8) is 0 Å². The highest BCUT2D eigenvalue weighted by molar-refractivity contribution is 9.09. The lowest BCUT2D eigenvalue weighted by Crippen LogP contribution is -2.50. The molecule has 1 aromatic rings. The second kappa shape index (κ2) is 26.4. The Morgan fingerprint density at radius 3 is 1.60 bits per heavy atom. The third kappa shape index (κ3) is 20.1. The fourth-order valence-corrected chi connectivity index (χ4v) is 3.68. The van der Waals surface area contributed by atoms with Gasteiger partial charge in [-0.15, -0.1) is 28.3 Å². The number of hydrogen-bond acceptors (Lipinski definition) is 14. The van der Waals surface area contributed by atoms with Crippen molar-refractivity contribution in [1.29, 1.82) is 0 Å². The highest BCUT2D eigenvalue weighted by atomic mass is 79.9. The first-order valence-electron chi connectivity index (χ1n) is 12.7. The van der Waals surface area contributed by atoms with E-state index in [4.69, 9.17) is 39.1 Å². The number of nitrogens with two attached hydrogens (primary N) is 1. The van der Waals surface area contributed by atoms with Crippen molar-refractivity contribution in [2.75, 3.05) is 62.7 Å². The largest absolute Gasteiger partial charge is 0.389 e. The van der Waals surface area contributed by atoms with Crippen LogP contribution in [0, 0.1) is 0 Å². The first-order chi connectivity index (χ1) is 20.2. The number of hydrogen-bond donors (Lipinski definition) is 12. The topological polar surface area (TPSA) is 286 Å². The van der Waals surface area contributed by atoms with Gasteiger partial charge in [0.2, 0.25) is 5.82 Å². The molecular weight excluding hydrogens is 751 g/mol. The number of aromatic nitrogens is 2. The lowest BCUT2D eigenvalue weighted by atomic mass is 10.0. The van der Waals surface area contributed by atoms with E-state index in [1.54, 1.807) is 14.1 Å². The van der Waals surface area contributed by atoms with Gasteiger partial charge in [0.15, 0.2) is 5.69 Å². The molecule has 0 bridgehead atoms. The first kappa shape index (κ1) is 44.3. The maximum atomic E-state index is 10.8. The van der Waals surface area contributed by atoms with Gasteiger partial charge in [0.1, 0.15) is 24.4 Å². The van der Waals surface area contributed by atoms with E-state index in [9.17, 15) is 35.4 Å². The van der Waals surface area contributed by atoms with Gasteiger partial charge in [-0.3, -0.25) is 9.80 Å². The van der Waals surface area contributed by atoms with Crippen molar-refractivity contribution in [3.8, 4) is 0 Å². The average Bonchev–Trinajstić information content (AvgIpc) is 3.47. The first-order valence-corrected chi connectivity index (χ1v) is 16.0. The summed E-state index contributed by atoms with van der Waals surface area (Å²) in [6, 6.07) is 0. The number of carbonyl (C=O) groups excluding carboxylic acids is 1. The van der Waals surface area contributed by atoms with Crippen LogP contribution in [0.25, 0.3) is 0 Å². The number of aliphatic hydroxyl groups is 8. The fraction of sp³-hybridized carbons (Fsp3) is 0.818. The Morgan fingerprint density at radius 2 is 1.28 bits per heavy atom. The summed E-state index contributed by atoms with van der Waals surface area (Å²) in [5, 5.41) is 89.6. The maximum Gasteiger partial charge on any atom is 0.269 e. The highest BCUT2D eigenvalue weighted by Gasteiger charge is 2.30. The monoisotopic (exact) mass is 792 g/mol. The number of H-pyrrole nitrogens is 1. The van der Waals surface area contributed by atoms with Gasteiger partial charge in [-0.25, -0.2) is 4.98 Å². The molecule has 0 aliphatic rings. The van der Waals surface area contributed by atoms with Crippen LogP contribution in [0.2, 0.25) is 0 Å². The van der Waals surface area contributed by atoms with Crippen LogP contribution in [0.15, 0.2) is 16.7 Å². The second-order valence-corrected chi connectivity index (χ2v) is 10.9. The highest BCUT2D eigenvalue weighted by Crippen LogP contribution is 2.13. The summed E-state index contributed by atoms with van der Waals surface area (Å²) in [5.41, 5.74) is 5.20. The van der Waals surface area contributed by atoms with Gasteiger partial charge < -0.3 is 62.2 Å². The van der Waals surface area contributed by atoms with Crippen molar-refractivity contribution in [2.45, 2.75) is 48.8 Å². The van der Waals surface area contributed by atoms with Crippen molar-refractivity contribution in [2.24, 2.45) is 16.1 Å². The molecule has 0 radical (unpaired) electrons. The molecule has 4 unspecified atom stereocenters. The van der Waals surface area contributed by atoms with E-state index >= 15 is 0 Å². The van der Waals surface area contributed by atoms with Crippen molar-refractivity contribution in [1.82, 2.24) is 25.6 Å². The number of aliphatic hydroxyl groups excluding tert-OH is 8. The number of nitrogens with one attached hydrogen (secondary N) is 3. The number of amides is 1. The zero-order valence-electron chi connectivity index (χ0n) is 23.7. The minimum atomic E-state index is -1.43. The molecule has 0 spiro atoms. The lowest BCUT2D eigenvalue weighted by molar-refractivity contribution is -0.102. The van der Waals surface area contributed by atoms with E-state index < -0.39 is 54.7 Å². The molecule has 21 heteroatoms. The van der Waals surface area contributed by atoms with Crippen molar-refractivity contribution in [3.05, 3.63) is 12.0 Å². The third-order valence-corrected chi connectivity index (χ3v) is 6.73. The number of aromatic amines is 1. The number of primary amides is 1. The molecule has 1 rings (SSSR count). The summed E-state index contributed by atoms with van der Waals surface area (Å²) in [6.07, 6.45) is -8.70. The Morgan fingerprint density at radius 1 is 0.884 bits per heavy atom. The number of halogens is 4. The predicted octanol–water partition coefficient (Wildman–Crippen LogP) is -2.62. The van der Waals surface area contributed by atoms with Crippen molar-refractivity contribution < 1.29 is 45.6 Å². The molecule has 43 heavy (non-hydrogen) atoms. The second-order valence-electron chi connectivity index (χ2n) is 8.83. The van der Waals surface area contributed by atoms with Gasteiger partial charge in [0.25, 0.3) is 5.91 Å². The van der Waals surface area contributed by atoms with Crippen LogP contribution >= 0.6 is 55.1 Å². The maximum absolute atomic E-state index is 10.8. The Bertz CT molecular complexity index is 835. The van der Waals surface area contributed by atoms with E-state index in [0.717, 1.165) is 0 Å². The van der Waals surface area contributed by atoms with Crippen molar-refractivity contribution >= 4 is 66.8 Å². The molecule has 0 aliphatic heterocycles. The van der Waals surface area contributed by atoms with Gasteiger partial charge in [-0.05, 0) is 0 Å². The molecular formula is C22H44Br2Cl2N8O9. The Hall–Kier alpha value is -0.780. The number of carbonyl (C=O) groups is 1. The smallest absolute Gasteiger partial charge is 0.269 e. The molecule has 17 nitrogen and oxygen atoms in total. The molecule has 0 saturated carbocycles. The Kier molecular flexibility index (Phi) is 27.3. The zero-order valence-corrected chi connectivity index (χ0v) is 28.4. The number of alkyl halides is 4. The van der Waals surface area contributed by atoms with E-state index in [-0.39, 0.29) is 35.3 Å². The minimum absolute atomic E-state index is 0.0901. The molecule has 1 heterocycles. The molecule has 0 aliphatic carbocycles. The summed E-state index contributed by atoms with van der Waals surface area (Å²) in [7, 11) is 3.42. The van der Waals surface area contributed by atoms with Crippen LogP contribution in [0.4, 0.5) is 5.82 Å². The zero-order chi connectivity index (χ0) is 33.5. The average molecular weight is 795 g/mol. The summed E-state index contributed by atoms with van der Waals surface area (Å²) < 4.78 is 0. The molecule has 13 N–H and O–H groups in total. The summed E-state index contributed by atoms with van der Waals surface area (Å²) >= 11 is 16.7. The molecule has 254 valence electrons. The number of imidazole rings is 1. The summed E-state index contributed by atoms with van der Waals surface area (Å²) in [4.78, 5) is 17.1. The van der Waals surface area contributed by atoms with E-state index in [2.05, 4.69) is 62.8 Å². The SMILES string of the molecule is CN(C)N=Nc1nc[nH]c1C(N)=O.OC(CBr)C(O)C(O)C(O)CBr.O[C@@H]([C@H](O)[C@H](O)CNCCCl)[C@H](O)CNCCCl. The van der Waals surface area contributed by atoms with Crippen LogP contribution in [0.1, 0.15) is 10.5 Å². The van der Waals surface area contributed by atoms with E-state index in [0.29, 0.717) is 24.8 Å². The van der Waals surface area contributed by atoms with Crippen LogP contribution < -0.4 is 16.4 Å². The molecule has 0 aromatic carbocycles. The molecule has 1 aromatic heterocycles. The fourth-order valence-electron chi connectivity index (χ4n) is 2.64. The third-order valence-electron chi connectivity index (χ3n) is 5.03. The molecule has 0 saturated heterocycles. The summed E-state index contributed by atoms with van der Waals surface area (Å²) in [5.74, 6) is 0.360. The normalized spacial score (nSPS) is 16.9. The van der Waals surface area contributed by atoms with Crippen LogP contribution in [0.5, 0.6) is 0 Å². The molecule has 8 atom stereocenters. The quantitative estimate of drug-likeness (QED) is 0.0296. The summed E-state index contributed by atoms with van der Waals surface area (Å²) in [6.45, 7) is 1.15. The van der Waals surface area contributed by atoms with E-state index in [1.165, 1.54) is 11.3 Å². The standard InChI is InChI=1S/C10H22Cl2N2O4.C6H12Br2O4.C6H10N6O/c11-1-3-13-5-7(15)9(17)10(18)8(16)6-14-4-2-12;7-1-3(9)5(11)6(12)4(10)2-8;1-12(2)11-10-6-4(5(7)13)8-3-9-6/h7-10,13-18H,1-6H2;3-6,9-12H,1-2H2;3H,1-2H3,(H2,7,13)(H,8,9)/t7-,8-,9-,10-;;/m1../s1. The van der Waals surface area contributed by atoms with Gasteiger partial charge in [0, 0.05) is 62.7 Å². The van der Waals surface area contributed by atoms with Crippen LogP contribution in [0.3, 0.4) is 0 Å². The predicted molar refractivity (Wildman–Crippen MR) is 168 cm³/mol. The number of nitrogens with zero attached hydrogens (tertiary/aromatic N) is 4. The van der Waals surface area contributed by atoms with Gasteiger partial charge in [0.05, 0.1) is 30.7 Å².